The molecule has 0 saturated carbocycles. The highest BCUT2D eigenvalue weighted by molar-refractivity contribution is 6.32. The summed E-state index contributed by atoms with van der Waals surface area (Å²) in [5.74, 6) is 1.50. The number of alkyl halides is 1. The Hall–Kier alpha value is -3.03. The van der Waals surface area contributed by atoms with Crippen LogP contribution in [0.2, 0.25) is 5.02 Å². The van der Waals surface area contributed by atoms with Crippen LogP contribution in [0.25, 0.3) is 0 Å². The van der Waals surface area contributed by atoms with Crippen LogP contribution in [-0.2, 0) is 10.2 Å². The van der Waals surface area contributed by atoms with E-state index >= 15 is 0 Å². The number of nitrogens with one attached hydrogen (secondary N) is 1. The molecular formula is C25H28Cl2N4O3. The predicted octanol–water partition coefficient (Wildman–Crippen LogP) is 5.75. The summed E-state index contributed by atoms with van der Waals surface area (Å²) in [6, 6.07) is 13.3. The number of rotatable bonds is 9. The molecule has 0 radical (unpaired) electrons. The molecule has 180 valence electrons. The summed E-state index contributed by atoms with van der Waals surface area (Å²) in [6.45, 7) is 7.82. The Morgan fingerprint density at radius 2 is 1.88 bits per heavy atom. The first-order valence-electron chi connectivity index (χ1n) is 10.8. The van der Waals surface area contributed by atoms with E-state index in [0.29, 0.717) is 40.4 Å². The van der Waals surface area contributed by atoms with Crippen LogP contribution in [0.15, 0.2) is 48.7 Å². The van der Waals surface area contributed by atoms with Gasteiger partial charge in [0.25, 0.3) is 0 Å². The summed E-state index contributed by atoms with van der Waals surface area (Å²) in [5, 5.41) is 3.03. The first-order chi connectivity index (χ1) is 16.1. The Morgan fingerprint density at radius 3 is 2.50 bits per heavy atom. The molecule has 1 aromatic heterocycles. The quantitative estimate of drug-likeness (QED) is 0.285. The van der Waals surface area contributed by atoms with Crippen LogP contribution in [0.4, 0.5) is 11.6 Å². The number of hydrogen-bond donors (Lipinski definition) is 2. The normalized spacial score (nSPS) is 12.2. The summed E-state index contributed by atoms with van der Waals surface area (Å²) < 4.78 is 11.6. The van der Waals surface area contributed by atoms with Crippen molar-refractivity contribution in [3.05, 3.63) is 70.5 Å². The molecule has 9 heteroatoms. The van der Waals surface area contributed by atoms with Crippen LogP contribution in [0.3, 0.4) is 0 Å². The number of anilines is 2. The van der Waals surface area contributed by atoms with Crippen molar-refractivity contribution < 1.29 is 14.3 Å². The number of aromatic nitrogens is 2. The number of ether oxygens (including phenoxy) is 2. The van der Waals surface area contributed by atoms with E-state index < -0.39 is 0 Å². The van der Waals surface area contributed by atoms with E-state index in [1.54, 1.807) is 12.3 Å². The summed E-state index contributed by atoms with van der Waals surface area (Å²) in [6.07, 6.45) is 1.25. The van der Waals surface area contributed by atoms with Gasteiger partial charge in [0.15, 0.2) is 5.75 Å². The van der Waals surface area contributed by atoms with Crippen molar-refractivity contribution in [1.29, 1.82) is 0 Å². The van der Waals surface area contributed by atoms with Crippen molar-refractivity contribution in [3.63, 3.8) is 0 Å². The third-order valence-electron chi connectivity index (χ3n) is 5.39. The summed E-state index contributed by atoms with van der Waals surface area (Å²) in [4.78, 5) is 19.6. The van der Waals surface area contributed by atoms with E-state index in [0.717, 1.165) is 11.1 Å². The van der Waals surface area contributed by atoms with Gasteiger partial charge < -0.3 is 15.2 Å². The van der Waals surface area contributed by atoms with Gasteiger partial charge in [0.2, 0.25) is 11.9 Å². The summed E-state index contributed by atoms with van der Waals surface area (Å²) in [7, 11) is 0. The molecule has 3 rings (SSSR count). The van der Waals surface area contributed by atoms with Crippen molar-refractivity contribution in [1.82, 2.24) is 9.97 Å². The SMILES string of the molecule is CC(=O)Nc1nccc(C(C)Oc2ccc(C(C)(C)c3cc(N)c(OCCCl)c(Cl)c3)cc2)n1. The van der Waals surface area contributed by atoms with Crippen LogP contribution < -0.4 is 20.5 Å². The van der Waals surface area contributed by atoms with E-state index in [-0.39, 0.29) is 23.4 Å². The van der Waals surface area contributed by atoms with Gasteiger partial charge in [-0.15, -0.1) is 11.6 Å². The second-order valence-electron chi connectivity index (χ2n) is 8.31. The number of carbonyl (C=O) groups is 1. The minimum atomic E-state index is -0.368. The third-order valence-corrected chi connectivity index (χ3v) is 5.82. The van der Waals surface area contributed by atoms with Gasteiger partial charge in [0, 0.05) is 18.5 Å². The van der Waals surface area contributed by atoms with Gasteiger partial charge in [-0.05, 0) is 48.4 Å². The average Bonchev–Trinajstić information content (AvgIpc) is 2.78. The molecule has 2 aromatic carbocycles. The number of carbonyl (C=O) groups excluding carboxylic acids is 1. The monoisotopic (exact) mass is 502 g/mol. The highest BCUT2D eigenvalue weighted by Crippen LogP contribution is 2.40. The van der Waals surface area contributed by atoms with E-state index in [1.807, 2.05) is 43.3 Å². The molecule has 0 bridgehead atoms. The fraction of sp³-hybridized carbons (Fsp3) is 0.320. The molecule has 3 aromatic rings. The van der Waals surface area contributed by atoms with Crippen LogP contribution in [0, 0.1) is 0 Å². The number of nitrogens with two attached hydrogens (primary N) is 1. The van der Waals surface area contributed by atoms with Gasteiger partial charge in [-0.1, -0.05) is 37.6 Å². The first-order valence-corrected chi connectivity index (χ1v) is 11.7. The second kappa shape index (κ2) is 10.9. The van der Waals surface area contributed by atoms with E-state index in [9.17, 15) is 4.79 Å². The molecule has 0 spiro atoms. The van der Waals surface area contributed by atoms with Crippen molar-refractivity contribution in [2.75, 3.05) is 23.5 Å². The molecule has 7 nitrogen and oxygen atoms in total. The lowest BCUT2D eigenvalue weighted by molar-refractivity contribution is -0.114. The zero-order valence-corrected chi connectivity index (χ0v) is 21.1. The largest absolute Gasteiger partial charge is 0.489 e. The highest BCUT2D eigenvalue weighted by Gasteiger charge is 2.25. The van der Waals surface area contributed by atoms with Crippen molar-refractivity contribution >= 4 is 40.7 Å². The van der Waals surface area contributed by atoms with Gasteiger partial charge in [-0.3, -0.25) is 10.1 Å². The summed E-state index contributed by atoms with van der Waals surface area (Å²) >= 11 is 12.1. The van der Waals surface area contributed by atoms with Gasteiger partial charge >= 0.3 is 0 Å². The fourth-order valence-corrected chi connectivity index (χ4v) is 3.82. The lowest BCUT2D eigenvalue weighted by atomic mass is 9.78. The van der Waals surface area contributed by atoms with E-state index in [4.69, 9.17) is 38.4 Å². The van der Waals surface area contributed by atoms with Crippen LogP contribution >= 0.6 is 23.2 Å². The maximum absolute atomic E-state index is 11.2. The number of nitrogens with zero attached hydrogens (tertiary/aromatic N) is 2. The Morgan fingerprint density at radius 1 is 1.18 bits per heavy atom. The number of nitrogen functional groups attached to an aromatic ring is 1. The molecule has 1 heterocycles. The molecule has 3 N–H and O–H groups in total. The maximum Gasteiger partial charge on any atom is 0.229 e. The zero-order chi connectivity index (χ0) is 24.9. The molecule has 34 heavy (non-hydrogen) atoms. The number of halogens is 2. The molecule has 0 aliphatic carbocycles. The number of amides is 1. The molecule has 1 atom stereocenters. The number of benzene rings is 2. The lowest BCUT2D eigenvalue weighted by Crippen LogP contribution is -2.19. The van der Waals surface area contributed by atoms with E-state index in [2.05, 4.69) is 29.1 Å². The standard InChI is InChI=1S/C25H28Cl2N4O3/c1-15(22-9-11-29-24(31-22)30-16(2)32)34-19-7-5-17(6-8-19)25(3,4)18-13-20(27)23(21(28)14-18)33-12-10-26/h5-9,11,13-15H,10,12,28H2,1-4H3,(H,29,30,31,32). The zero-order valence-electron chi connectivity index (χ0n) is 19.6. The Bertz CT molecular complexity index is 1130. The third kappa shape index (κ3) is 6.10. The molecule has 0 saturated heterocycles. The fourth-order valence-electron chi connectivity index (χ4n) is 3.47. The van der Waals surface area contributed by atoms with Gasteiger partial charge in [0.1, 0.15) is 18.5 Å². The maximum atomic E-state index is 11.2. The smallest absolute Gasteiger partial charge is 0.229 e. The lowest BCUT2D eigenvalue weighted by Gasteiger charge is -2.27. The van der Waals surface area contributed by atoms with Gasteiger partial charge in [-0.2, -0.15) is 0 Å². The Balaban J connectivity index is 1.76. The molecule has 0 aliphatic heterocycles. The second-order valence-corrected chi connectivity index (χ2v) is 9.09. The Kier molecular flexibility index (Phi) is 8.23. The topological polar surface area (TPSA) is 99.4 Å². The molecule has 1 unspecified atom stereocenters. The van der Waals surface area contributed by atoms with Gasteiger partial charge in [0.05, 0.1) is 22.3 Å². The average molecular weight is 503 g/mol. The molecule has 0 aliphatic rings. The van der Waals surface area contributed by atoms with Crippen LogP contribution in [-0.4, -0.2) is 28.4 Å². The highest BCUT2D eigenvalue weighted by atomic mass is 35.5. The summed E-state index contributed by atoms with van der Waals surface area (Å²) in [5.41, 5.74) is 8.98. The van der Waals surface area contributed by atoms with E-state index in [1.165, 1.54) is 6.92 Å². The molecule has 0 fully saturated rings. The number of hydrogen-bond acceptors (Lipinski definition) is 6. The van der Waals surface area contributed by atoms with Crippen molar-refractivity contribution in [3.8, 4) is 11.5 Å². The molecule has 1 amide bonds. The van der Waals surface area contributed by atoms with Crippen LogP contribution in [0.5, 0.6) is 11.5 Å². The minimum absolute atomic E-state index is 0.232. The van der Waals surface area contributed by atoms with Crippen LogP contribution in [0.1, 0.15) is 50.6 Å². The predicted molar refractivity (Wildman–Crippen MR) is 136 cm³/mol. The molecular weight excluding hydrogens is 475 g/mol. The minimum Gasteiger partial charge on any atom is -0.489 e. The Labute approximate surface area is 209 Å². The van der Waals surface area contributed by atoms with Crippen molar-refractivity contribution in [2.24, 2.45) is 0 Å². The first kappa shape index (κ1) is 25.6. The van der Waals surface area contributed by atoms with Gasteiger partial charge in [-0.25, -0.2) is 9.97 Å². The van der Waals surface area contributed by atoms with Crippen molar-refractivity contribution in [2.45, 2.75) is 39.2 Å².